The number of carbonyl (C=O) groups is 1. The summed E-state index contributed by atoms with van der Waals surface area (Å²) in [5.41, 5.74) is 0. The molecular weight excluding hydrogens is 322 g/mol. The molecule has 114 valence electrons. The number of sulfonamides is 1. The maximum absolute atomic E-state index is 12.1. The Morgan fingerprint density at radius 3 is 2.65 bits per heavy atom. The van der Waals surface area contributed by atoms with Gasteiger partial charge < -0.3 is 10.2 Å². The highest BCUT2D eigenvalue weighted by Crippen LogP contribution is 2.16. The van der Waals surface area contributed by atoms with Crippen molar-refractivity contribution in [1.29, 1.82) is 0 Å². The summed E-state index contributed by atoms with van der Waals surface area (Å²) in [7, 11) is -3.59. The van der Waals surface area contributed by atoms with E-state index in [1.807, 2.05) is 0 Å². The Hall–Kier alpha value is -0.670. The molecule has 1 aromatic rings. The van der Waals surface area contributed by atoms with Gasteiger partial charge in [0.25, 0.3) is 10.0 Å². The first-order valence-corrected chi connectivity index (χ1v) is 8.42. The van der Waals surface area contributed by atoms with Crippen LogP contribution < -0.4 is 10.0 Å². The van der Waals surface area contributed by atoms with Gasteiger partial charge in [0.1, 0.15) is 4.21 Å². The maximum atomic E-state index is 12.1. The van der Waals surface area contributed by atoms with Crippen molar-refractivity contribution in [3.05, 3.63) is 17.5 Å². The number of nitrogens with zero attached hydrogens (tertiary/aromatic N) is 1. The molecule has 0 spiro atoms. The molecule has 9 heteroatoms. The second kappa shape index (κ2) is 7.37. The highest BCUT2D eigenvalue weighted by Gasteiger charge is 2.26. The van der Waals surface area contributed by atoms with Gasteiger partial charge in [-0.3, -0.25) is 4.79 Å². The molecule has 1 aliphatic rings. The van der Waals surface area contributed by atoms with Crippen molar-refractivity contribution in [2.45, 2.75) is 17.2 Å². The van der Waals surface area contributed by atoms with E-state index in [1.165, 1.54) is 6.07 Å². The van der Waals surface area contributed by atoms with E-state index >= 15 is 0 Å². The third-order valence-electron chi connectivity index (χ3n) is 2.89. The van der Waals surface area contributed by atoms with Crippen LogP contribution in [-0.2, 0) is 14.8 Å². The van der Waals surface area contributed by atoms with Crippen LogP contribution in [0.1, 0.15) is 6.92 Å². The fourth-order valence-electron chi connectivity index (χ4n) is 1.92. The Bertz CT molecular complexity index is 527. The first kappa shape index (κ1) is 17.4. The van der Waals surface area contributed by atoms with E-state index < -0.39 is 16.1 Å². The second-order valence-corrected chi connectivity index (χ2v) is 7.24. The minimum atomic E-state index is -3.59. The number of amides is 1. The molecule has 2 heterocycles. The van der Waals surface area contributed by atoms with Crippen LogP contribution >= 0.6 is 23.7 Å². The SMILES string of the molecule is CC(NS(=O)(=O)c1cccs1)C(=O)N1CCNCC1.Cl. The van der Waals surface area contributed by atoms with Crippen LogP contribution in [0, 0.1) is 0 Å². The van der Waals surface area contributed by atoms with Gasteiger partial charge in [-0.1, -0.05) is 6.07 Å². The Balaban J connectivity index is 0.00000200. The van der Waals surface area contributed by atoms with Gasteiger partial charge in [-0.15, -0.1) is 23.7 Å². The van der Waals surface area contributed by atoms with E-state index in [9.17, 15) is 13.2 Å². The molecule has 0 saturated carbocycles. The standard InChI is InChI=1S/C11H17N3O3S2.ClH/c1-9(11(15)14-6-4-12-5-7-14)13-19(16,17)10-3-2-8-18-10;/h2-3,8-9,12-13H,4-7H2,1H3;1H. The molecule has 0 aromatic carbocycles. The summed E-state index contributed by atoms with van der Waals surface area (Å²) in [6.45, 7) is 4.30. The van der Waals surface area contributed by atoms with E-state index in [4.69, 9.17) is 0 Å². The van der Waals surface area contributed by atoms with Gasteiger partial charge in [0, 0.05) is 26.2 Å². The monoisotopic (exact) mass is 339 g/mol. The number of halogens is 1. The number of hydrogen-bond acceptors (Lipinski definition) is 5. The molecule has 0 aliphatic carbocycles. The highest BCUT2D eigenvalue weighted by atomic mass is 35.5. The third-order valence-corrected chi connectivity index (χ3v) is 5.83. The molecule has 1 atom stereocenters. The predicted molar refractivity (Wildman–Crippen MR) is 80.8 cm³/mol. The number of rotatable bonds is 4. The topological polar surface area (TPSA) is 78.5 Å². The number of carbonyl (C=O) groups excluding carboxylic acids is 1. The Kier molecular flexibility index (Phi) is 6.41. The molecule has 1 aromatic heterocycles. The van der Waals surface area contributed by atoms with Gasteiger partial charge in [0.05, 0.1) is 6.04 Å². The minimum Gasteiger partial charge on any atom is -0.339 e. The molecule has 1 saturated heterocycles. The summed E-state index contributed by atoms with van der Waals surface area (Å²) < 4.78 is 26.7. The summed E-state index contributed by atoms with van der Waals surface area (Å²) in [6.07, 6.45) is 0. The average molecular weight is 340 g/mol. The average Bonchev–Trinajstić information content (AvgIpc) is 2.93. The lowest BCUT2D eigenvalue weighted by molar-refractivity contribution is -0.133. The molecule has 1 unspecified atom stereocenters. The molecule has 0 bridgehead atoms. The number of hydrogen-bond donors (Lipinski definition) is 2. The van der Waals surface area contributed by atoms with Crippen LogP contribution in [-0.4, -0.2) is 51.4 Å². The van der Waals surface area contributed by atoms with Crippen LogP contribution in [0.5, 0.6) is 0 Å². The van der Waals surface area contributed by atoms with Crippen LogP contribution in [0.4, 0.5) is 0 Å². The van der Waals surface area contributed by atoms with Crippen molar-refractivity contribution in [2.75, 3.05) is 26.2 Å². The van der Waals surface area contributed by atoms with E-state index in [2.05, 4.69) is 10.0 Å². The number of thiophene rings is 1. The molecule has 6 nitrogen and oxygen atoms in total. The summed E-state index contributed by atoms with van der Waals surface area (Å²) in [5.74, 6) is -0.179. The first-order valence-electron chi connectivity index (χ1n) is 6.06. The Morgan fingerprint density at radius 2 is 2.10 bits per heavy atom. The summed E-state index contributed by atoms with van der Waals surface area (Å²) >= 11 is 1.13. The molecule has 0 radical (unpaired) electrons. The largest absolute Gasteiger partial charge is 0.339 e. The lowest BCUT2D eigenvalue weighted by atomic mass is 10.2. The number of piperazine rings is 1. The zero-order chi connectivity index (χ0) is 13.9. The molecule has 1 amide bonds. The van der Waals surface area contributed by atoms with E-state index in [0.29, 0.717) is 13.1 Å². The molecule has 1 aliphatic heterocycles. The fourth-order valence-corrected chi connectivity index (χ4v) is 4.12. The van der Waals surface area contributed by atoms with Gasteiger partial charge in [0.2, 0.25) is 5.91 Å². The fraction of sp³-hybridized carbons (Fsp3) is 0.545. The predicted octanol–water partition coefficient (Wildman–Crippen LogP) is 0.269. The lowest BCUT2D eigenvalue weighted by Gasteiger charge is -2.29. The third kappa shape index (κ3) is 4.16. The molecule has 2 N–H and O–H groups in total. The summed E-state index contributed by atoms with van der Waals surface area (Å²) in [6, 6.07) is 2.45. The normalized spacial score (nSPS) is 17.4. The Morgan fingerprint density at radius 1 is 1.45 bits per heavy atom. The van der Waals surface area contributed by atoms with Crippen LogP contribution in [0.15, 0.2) is 21.7 Å². The second-order valence-electron chi connectivity index (χ2n) is 4.35. The van der Waals surface area contributed by atoms with E-state index in [0.717, 1.165) is 24.4 Å². The zero-order valence-corrected chi connectivity index (χ0v) is 13.5. The van der Waals surface area contributed by atoms with Crippen molar-refractivity contribution in [1.82, 2.24) is 14.9 Å². The lowest BCUT2D eigenvalue weighted by Crippen LogP contribution is -2.53. The van der Waals surface area contributed by atoms with Gasteiger partial charge in [-0.05, 0) is 18.4 Å². The van der Waals surface area contributed by atoms with Gasteiger partial charge in [0.15, 0.2) is 0 Å². The molecule has 2 rings (SSSR count). The maximum Gasteiger partial charge on any atom is 0.250 e. The van der Waals surface area contributed by atoms with Gasteiger partial charge in [-0.25, -0.2) is 8.42 Å². The smallest absolute Gasteiger partial charge is 0.250 e. The minimum absolute atomic E-state index is 0. The van der Waals surface area contributed by atoms with Gasteiger partial charge >= 0.3 is 0 Å². The van der Waals surface area contributed by atoms with Crippen LogP contribution in [0.3, 0.4) is 0 Å². The Labute approximate surface area is 129 Å². The van der Waals surface area contributed by atoms with Crippen molar-refractivity contribution in [3.63, 3.8) is 0 Å². The first-order chi connectivity index (χ1) is 9.00. The van der Waals surface area contributed by atoms with Gasteiger partial charge in [-0.2, -0.15) is 4.72 Å². The number of nitrogens with one attached hydrogen (secondary N) is 2. The molecule has 1 fully saturated rings. The van der Waals surface area contributed by atoms with Crippen molar-refractivity contribution in [3.8, 4) is 0 Å². The highest BCUT2D eigenvalue weighted by molar-refractivity contribution is 7.91. The summed E-state index contributed by atoms with van der Waals surface area (Å²) in [5, 5.41) is 4.84. The van der Waals surface area contributed by atoms with E-state index in [1.54, 1.807) is 23.3 Å². The van der Waals surface area contributed by atoms with E-state index in [-0.39, 0.29) is 22.5 Å². The zero-order valence-electron chi connectivity index (χ0n) is 11.0. The molecular formula is C11H18ClN3O3S2. The van der Waals surface area contributed by atoms with Crippen molar-refractivity contribution in [2.24, 2.45) is 0 Å². The molecule has 20 heavy (non-hydrogen) atoms. The van der Waals surface area contributed by atoms with Crippen LogP contribution in [0.2, 0.25) is 0 Å². The summed E-state index contributed by atoms with van der Waals surface area (Å²) in [4.78, 5) is 13.8. The van der Waals surface area contributed by atoms with Crippen molar-refractivity contribution >= 4 is 39.7 Å². The van der Waals surface area contributed by atoms with Crippen LogP contribution in [0.25, 0.3) is 0 Å². The quantitative estimate of drug-likeness (QED) is 0.825. The van der Waals surface area contributed by atoms with Crippen molar-refractivity contribution < 1.29 is 13.2 Å².